The Kier molecular flexibility index (Phi) is 8.42. The van der Waals surface area contributed by atoms with E-state index in [1.54, 1.807) is 0 Å². The van der Waals surface area contributed by atoms with Crippen LogP contribution in [0.2, 0.25) is 0 Å². The number of thiophene rings is 1. The third kappa shape index (κ3) is 5.19. The molecule has 2 nitrogen and oxygen atoms in total. The lowest BCUT2D eigenvalue weighted by molar-refractivity contribution is 1.18. The quantitative estimate of drug-likeness (QED) is 0.182. The summed E-state index contributed by atoms with van der Waals surface area (Å²) in [6.07, 6.45) is 0. The van der Waals surface area contributed by atoms with E-state index in [2.05, 4.69) is 207 Å². The Morgan fingerprint density at radius 3 is 1.67 bits per heavy atom. The maximum Gasteiger partial charge on any atom is 0.141 e. The van der Waals surface area contributed by atoms with E-state index in [9.17, 15) is 0 Å². The van der Waals surface area contributed by atoms with Crippen LogP contribution in [-0.2, 0) is 0 Å². The monoisotopic (exact) mass is 774 g/mol. The molecular formula is C48H39B9N2S. The number of hydrogen-bond donors (Lipinski definition) is 0. The van der Waals surface area contributed by atoms with E-state index in [0.717, 1.165) is 0 Å². The summed E-state index contributed by atoms with van der Waals surface area (Å²) < 4.78 is 7.68. The van der Waals surface area contributed by atoms with Crippen molar-refractivity contribution in [2.45, 2.75) is 0 Å². The highest BCUT2D eigenvalue weighted by Gasteiger charge is 2.23. The zero-order valence-corrected chi connectivity index (χ0v) is 36.7. The lowest BCUT2D eigenvalue weighted by atomic mass is 9.59. The second-order valence-corrected chi connectivity index (χ2v) is 18.3. The zero-order valence-electron chi connectivity index (χ0n) is 35.9. The van der Waals surface area contributed by atoms with Crippen LogP contribution in [0, 0.1) is 0 Å². The molecule has 60 heavy (non-hydrogen) atoms. The third-order valence-corrected chi connectivity index (χ3v) is 15.5. The maximum absolute atomic E-state index is 2.57. The van der Waals surface area contributed by atoms with Crippen molar-refractivity contribution < 1.29 is 0 Å². The fraction of sp³-hybridized carbons (Fsp3) is 0. The highest BCUT2D eigenvalue weighted by molar-refractivity contribution is 7.25. The molecule has 0 spiro atoms. The van der Waals surface area contributed by atoms with Crippen LogP contribution in [0.15, 0.2) is 127 Å². The number of benzene rings is 8. The van der Waals surface area contributed by atoms with Gasteiger partial charge in [0.05, 0.1) is 22.2 Å². The van der Waals surface area contributed by atoms with Crippen molar-refractivity contribution in [2.24, 2.45) is 0 Å². The Bertz CT molecular complexity index is 3650. The van der Waals surface area contributed by atoms with Gasteiger partial charge in [0, 0.05) is 52.9 Å². The number of nitrogens with zero attached hydrogens (tertiary/aromatic N) is 2. The average Bonchev–Trinajstić information content (AvgIpc) is 3.94. The SMILES string of the molecule is Bc1c(B)c(B)c(-c2cccc(-n3c4ccccc4c4cc(-c5ccc6c(c5)c5c(B)c(B)c(B)c(B)c5n6-c5cccc6sc7ccccc7c56)ccc43)c2)c(B)c1B. The standard InChI is InChI=1S/C48H39B9N2S/c49-39-36(40(50)43(53)45(55)42(39)52)24-7-5-8-25(19-24)58-30-11-3-1-9-26(30)28-20-22(15-17-31(28)58)23-16-18-32-29(21-23)38-41(51)44(54)46(56)47(57)48(38)59(32)33-12-6-14-35-37(33)27-10-2-4-13-34(27)60-35/h1-21H,49-57H2. The van der Waals surface area contributed by atoms with Crippen molar-refractivity contribution in [3.05, 3.63) is 127 Å². The van der Waals surface area contributed by atoms with E-state index in [-0.39, 0.29) is 0 Å². The first-order valence-electron chi connectivity index (χ1n) is 21.2. The number of aromatic nitrogens is 2. The fourth-order valence-corrected chi connectivity index (χ4v) is 11.6. The summed E-state index contributed by atoms with van der Waals surface area (Å²) in [5, 5.41) is 7.83. The van der Waals surface area contributed by atoms with E-state index in [1.165, 1.54) is 147 Å². The molecule has 11 aromatic rings. The minimum Gasteiger partial charge on any atom is -0.309 e. The number of hydrogen-bond acceptors (Lipinski definition) is 1. The molecule has 0 saturated heterocycles. The minimum absolute atomic E-state index is 1.18. The molecule has 274 valence electrons. The van der Waals surface area contributed by atoms with Gasteiger partial charge in [-0.2, -0.15) is 0 Å². The number of para-hydroxylation sites is 1. The summed E-state index contributed by atoms with van der Waals surface area (Å²) in [5.74, 6) is 0. The summed E-state index contributed by atoms with van der Waals surface area (Å²) in [6.45, 7) is 0. The lowest BCUT2D eigenvalue weighted by Crippen LogP contribution is -2.55. The van der Waals surface area contributed by atoms with Gasteiger partial charge < -0.3 is 9.13 Å². The molecule has 0 aliphatic heterocycles. The minimum atomic E-state index is 1.18. The molecule has 8 aromatic carbocycles. The molecule has 3 aromatic heterocycles. The zero-order chi connectivity index (χ0) is 41.3. The second-order valence-electron chi connectivity index (χ2n) is 17.2. The Labute approximate surface area is 363 Å². The summed E-state index contributed by atoms with van der Waals surface area (Å²) in [7, 11) is 20.6. The highest BCUT2D eigenvalue weighted by Crippen LogP contribution is 2.42. The van der Waals surface area contributed by atoms with Crippen LogP contribution in [0.4, 0.5) is 0 Å². The van der Waals surface area contributed by atoms with Gasteiger partial charge in [0.25, 0.3) is 0 Å². The first kappa shape index (κ1) is 37.2. The molecule has 0 bridgehead atoms. The molecule has 0 N–H and O–H groups in total. The molecule has 0 unspecified atom stereocenters. The van der Waals surface area contributed by atoms with Crippen molar-refractivity contribution in [1.29, 1.82) is 0 Å². The van der Waals surface area contributed by atoms with E-state index < -0.39 is 0 Å². The molecule has 0 amide bonds. The fourth-order valence-electron chi connectivity index (χ4n) is 10.5. The molecule has 0 atom stereocenters. The van der Waals surface area contributed by atoms with Crippen LogP contribution in [0.5, 0.6) is 0 Å². The maximum atomic E-state index is 2.57. The Hall–Kier alpha value is -5.84. The first-order valence-corrected chi connectivity index (χ1v) is 22.0. The van der Waals surface area contributed by atoms with Gasteiger partial charge in [-0.05, 0) is 82.9 Å². The summed E-state index contributed by atoms with van der Waals surface area (Å²) in [4.78, 5) is 0. The molecule has 0 radical (unpaired) electrons. The van der Waals surface area contributed by atoms with Crippen LogP contribution in [-0.4, -0.2) is 79.8 Å². The summed E-state index contributed by atoms with van der Waals surface area (Å²) in [6, 6.07) is 48.0. The topological polar surface area (TPSA) is 9.86 Å². The van der Waals surface area contributed by atoms with Gasteiger partial charge in [-0.3, -0.25) is 0 Å². The molecular weight excluding hydrogens is 734 g/mol. The van der Waals surface area contributed by atoms with Gasteiger partial charge in [-0.1, -0.05) is 94.0 Å². The molecule has 12 heteroatoms. The van der Waals surface area contributed by atoms with Crippen molar-refractivity contribution in [2.75, 3.05) is 0 Å². The average molecular weight is 773 g/mol. The molecule has 0 fully saturated rings. The summed E-state index contributed by atoms with van der Waals surface area (Å²) >= 11 is 1.89. The van der Waals surface area contributed by atoms with Gasteiger partial charge in [-0.15, -0.1) is 33.2 Å². The van der Waals surface area contributed by atoms with Crippen LogP contribution in [0.1, 0.15) is 0 Å². The predicted octanol–water partition coefficient (Wildman–Crippen LogP) is -2.09. The van der Waals surface area contributed by atoms with E-state index >= 15 is 0 Å². The van der Waals surface area contributed by atoms with Crippen LogP contribution in [0.3, 0.4) is 0 Å². The second kappa shape index (κ2) is 13.6. The first-order chi connectivity index (χ1) is 29.0. The lowest BCUT2D eigenvalue weighted by Gasteiger charge is -2.21. The smallest absolute Gasteiger partial charge is 0.141 e. The van der Waals surface area contributed by atoms with E-state index in [1.807, 2.05) is 11.3 Å². The molecule has 0 aliphatic carbocycles. The van der Waals surface area contributed by atoms with Gasteiger partial charge in [0.2, 0.25) is 0 Å². The van der Waals surface area contributed by atoms with Crippen molar-refractivity contribution in [3.8, 4) is 33.6 Å². The molecule has 0 saturated carbocycles. The molecule has 0 aliphatic rings. The number of rotatable bonds is 4. The predicted molar refractivity (Wildman–Crippen MR) is 292 cm³/mol. The Morgan fingerprint density at radius 2 is 0.917 bits per heavy atom. The van der Waals surface area contributed by atoms with Crippen LogP contribution >= 0.6 is 11.3 Å². The van der Waals surface area contributed by atoms with Gasteiger partial charge in [-0.25, -0.2) is 0 Å². The van der Waals surface area contributed by atoms with Gasteiger partial charge in [0.1, 0.15) is 70.6 Å². The van der Waals surface area contributed by atoms with E-state index in [4.69, 9.17) is 0 Å². The Morgan fingerprint density at radius 1 is 0.350 bits per heavy atom. The normalized spacial score (nSPS) is 11.9. The van der Waals surface area contributed by atoms with E-state index in [0.29, 0.717) is 0 Å². The number of fused-ring (bicyclic) bond motifs is 9. The molecule has 3 heterocycles. The van der Waals surface area contributed by atoms with Gasteiger partial charge >= 0.3 is 0 Å². The van der Waals surface area contributed by atoms with Crippen molar-refractivity contribution in [1.82, 2.24) is 9.13 Å². The van der Waals surface area contributed by atoms with Crippen molar-refractivity contribution in [3.63, 3.8) is 0 Å². The molecule has 11 rings (SSSR count). The highest BCUT2D eigenvalue weighted by atomic mass is 32.1. The third-order valence-electron chi connectivity index (χ3n) is 14.4. The largest absolute Gasteiger partial charge is 0.309 e. The van der Waals surface area contributed by atoms with Crippen LogP contribution < -0.4 is 49.2 Å². The summed E-state index contributed by atoms with van der Waals surface area (Å²) in [5.41, 5.74) is 24.8. The van der Waals surface area contributed by atoms with Gasteiger partial charge in [0.15, 0.2) is 0 Å². The Balaban J connectivity index is 1.12. The van der Waals surface area contributed by atoms with Crippen LogP contribution in [0.25, 0.3) is 97.4 Å². The van der Waals surface area contributed by atoms with Crippen molar-refractivity contribution >= 4 is 195 Å².